The number of nitrogens with zero attached hydrogens (tertiary/aromatic N) is 3. The fraction of sp³-hybridized carbons (Fsp3) is 0.365. The number of rotatable bonds is 21. The van der Waals surface area contributed by atoms with Gasteiger partial charge in [-0.2, -0.15) is 0 Å². The van der Waals surface area contributed by atoms with Gasteiger partial charge in [-0.15, -0.1) is 6.58 Å². The van der Waals surface area contributed by atoms with Crippen LogP contribution in [0.2, 0.25) is 0 Å². The Morgan fingerprint density at radius 3 is 2.40 bits per heavy atom. The minimum Gasteiger partial charge on any atom is -0.459 e. The van der Waals surface area contributed by atoms with Gasteiger partial charge >= 0.3 is 6.09 Å². The number of hydrogen-bond acceptors (Lipinski definition) is 11. The van der Waals surface area contributed by atoms with E-state index in [0.29, 0.717) is 48.3 Å². The third-order valence-electron chi connectivity index (χ3n) is 12.8. The first-order valence-electron chi connectivity index (χ1n) is 22.7. The van der Waals surface area contributed by atoms with Crippen molar-refractivity contribution in [3.8, 4) is 11.5 Å². The number of ether oxygens (including phenoxy) is 3. The average Bonchev–Trinajstić information content (AvgIpc) is 3.34. The van der Waals surface area contributed by atoms with Gasteiger partial charge in [0.05, 0.1) is 23.2 Å². The lowest BCUT2D eigenvalue weighted by molar-refractivity contribution is -0.384. The molecule has 7 rings (SSSR count). The van der Waals surface area contributed by atoms with Crippen molar-refractivity contribution in [2.75, 3.05) is 26.9 Å². The molecule has 6 unspecified atom stereocenters. The van der Waals surface area contributed by atoms with Crippen LogP contribution in [0.5, 0.6) is 11.5 Å². The van der Waals surface area contributed by atoms with E-state index >= 15 is 0 Å². The molecule has 0 aromatic heterocycles. The van der Waals surface area contributed by atoms with Crippen molar-refractivity contribution in [3.05, 3.63) is 166 Å². The maximum atomic E-state index is 15.0. The van der Waals surface area contributed by atoms with E-state index < -0.39 is 46.4 Å². The molecule has 15 heteroatoms. The number of hydrogen-bond donors (Lipinski definition) is 3. The monoisotopic (exact) mass is 916 g/mol. The number of non-ortho nitro benzene ring substituents is 1. The number of fused-ring (bicyclic) bond motifs is 2. The topological polar surface area (TPSA) is 182 Å². The first-order valence-corrected chi connectivity index (χ1v) is 22.7. The van der Waals surface area contributed by atoms with Crippen LogP contribution in [0.1, 0.15) is 73.1 Å². The Balaban J connectivity index is 1.39. The van der Waals surface area contributed by atoms with Gasteiger partial charge in [0, 0.05) is 62.4 Å². The number of amides is 2. The molecular formula is C52H57FN4O10. The van der Waals surface area contributed by atoms with Crippen molar-refractivity contribution >= 4 is 29.5 Å². The van der Waals surface area contributed by atoms with Crippen LogP contribution in [0.3, 0.4) is 0 Å². The lowest BCUT2D eigenvalue weighted by atomic mass is 9.55. The zero-order valence-electron chi connectivity index (χ0n) is 37.5. The highest BCUT2D eigenvalue weighted by atomic mass is 19.1. The Bertz CT molecular complexity index is 2440. The molecule has 2 aliphatic carbocycles. The van der Waals surface area contributed by atoms with Crippen LogP contribution in [0.4, 0.5) is 14.9 Å². The Hall–Kier alpha value is -6.68. The molecule has 6 atom stereocenters. The van der Waals surface area contributed by atoms with E-state index in [1.54, 1.807) is 53.5 Å². The molecule has 0 saturated heterocycles. The standard InChI is InChI=1S/C52H57FN4O10/c1-3-29-65-52-47(56(34-37-15-20-39(53)21-16-37)48(60)26-19-35-17-22-40(23-18-35)57(62)63)32-45(55-64-2)43-30-38(13-7-9-27-58)42(14-8-10-28-59)49(50(43)52)44-31-41(24-25-46(44)67-52)66-51(61)54-33-36-11-5-4-6-12-36/h3-6,11-12,15-26,30-31,38,42,47,49-50,58-59H,1,7-10,13-14,27-29,32-34H2,2H3,(H,54,61). The van der Waals surface area contributed by atoms with E-state index in [2.05, 4.69) is 23.1 Å². The molecule has 1 heterocycles. The molecule has 14 nitrogen and oxygen atoms in total. The predicted molar refractivity (Wildman–Crippen MR) is 250 cm³/mol. The van der Waals surface area contributed by atoms with Crippen molar-refractivity contribution in [2.45, 2.75) is 75.8 Å². The molecule has 3 N–H and O–H groups in total. The molecule has 1 fully saturated rings. The summed E-state index contributed by atoms with van der Waals surface area (Å²) in [6.45, 7) is 4.32. The molecule has 0 radical (unpaired) electrons. The van der Waals surface area contributed by atoms with Crippen LogP contribution >= 0.6 is 0 Å². The van der Waals surface area contributed by atoms with Crippen LogP contribution in [-0.4, -0.2) is 76.5 Å². The van der Waals surface area contributed by atoms with Gasteiger partial charge in [0.15, 0.2) is 0 Å². The summed E-state index contributed by atoms with van der Waals surface area (Å²) in [6.07, 6.45) is 10.3. The summed E-state index contributed by atoms with van der Waals surface area (Å²) in [6, 6.07) is 25.5. The van der Waals surface area contributed by atoms with Crippen molar-refractivity contribution in [1.29, 1.82) is 0 Å². The average molecular weight is 917 g/mol. The molecule has 1 aliphatic heterocycles. The lowest BCUT2D eigenvalue weighted by Gasteiger charge is -2.60. The van der Waals surface area contributed by atoms with Crippen LogP contribution in [0, 0.1) is 33.7 Å². The minimum atomic E-state index is -1.61. The van der Waals surface area contributed by atoms with Gasteiger partial charge in [-0.25, -0.2) is 9.18 Å². The SMILES string of the molecule is C=CCOC12Oc3ccc(OC(=O)NCc4ccccc4)cc3C3C(CCCCO)C(CCCCO)C=C(C(=NOC)CC1N(Cc1ccc(F)cc1)C(=O)C=Cc1ccc([N+](=O)[O-])cc1)C32. The Morgan fingerprint density at radius 1 is 0.985 bits per heavy atom. The highest BCUT2D eigenvalue weighted by Crippen LogP contribution is 2.62. The van der Waals surface area contributed by atoms with Gasteiger partial charge in [0.1, 0.15) is 30.5 Å². The fourth-order valence-corrected chi connectivity index (χ4v) is 9.83. The van der Waals surface area contributed by atoms with Gasteiger partial charge in [-0.1, -0.05) is 72.6 Å². The van der Waals surface area contributed by atoms with Gasteiger partial charge in [-0.05, 0) is 108 Å². The zero-order chi connectivity index (χ0) is 47.3. The van der Waals surface area contributed by atoms with E-state index in [-0.39, 0.29) is 62.6 Å². The van der Waals surface area contributed by atoms with Crippen LogP contribution in [0.25, 0.3) is 6.08 Å². The lowest BCUT2D eigenvalue weighted by Crippen LogP contribution is -2.70. The largest absolute Gasteiger partial charge is 0.459 e. The number of aliphatic hydroxyl groups excluding tert-OH is 2. The molecule has 0 bridgehead atoms. The molecule has 1 saturated carbocycles. The van der Waals surface area contributed by atoms with E-state index in [1.165, 1.54) is 37.5 Å². The van der Waals surface area contributed by atoms with Crippen LogP contribution < -0.4 is 14.8 Å². The maximum Gasteiger partial charge on any atom is 0.412 e. The van der Waals surface area contributed by atoms with E-state index in [9.17, 15) is 34.3 Å². The summed E-state index contributed by atoms with van der Waals surface area (Å²) < 4.78 is 34.6. The summed E-state index contributed by atoms with van der Waals surface area (Å²) in [5, 5.41) is 38.7. The third-order valence-corrected chi connectivity index (χ3v) is 12.8. The number of carbonyl (C=O) groups excluding carboxylic acids is 2. The molecule has 2 amide bonds. The number of nitro benzene ring substituents is 1. The molecule has 4 aromatic carbocycles. The second kappa shape index (κ2) is 22.7. The molecular weight excluding hydrogens is 860 g/mol. The number of oxime groups is 1. The Morgan fingerprint density at radius 2 is 1.72 bits per heavy atom. The summed E-state index contributed by atoms with van der Waals surface area (Å²) in [5.41, 5.74) is 4.13. The van der Waals surface area contributed by atoms with Crippen molar-refractivity contribution < 1.29 is 48.2 Å². The van der Waals surface area contributed by atoms with E-state index in [4.69, 9.17) is 19.0 Å². The number of aliphatic hydroxyl groups is 2. The summed E-state index contributed by atoms with van der Waals surface area (Å²) in [4.78, 5) is 46.3. The number of halogens is 1. The van der Waals surface area contributed by atoms with Gasteiger partial charge in [-0.3, -0.25) is 14.9 Å². The first kappa shape index (κ1) is 48.3. The van der Waals surface area contributed by atoms with Gasteiger partial charge in [0.25, 0.3) is 5.69 Å². The number of benzene rings is 4. The highest BCUT2D eigenvalue weighted by Gasteiger charge is 2.65. The van der Waals surface area contributed by atoms with Crippen molar-refractivity contribution in [1.82, 2.24) is 10.2 Å². The number of allylic oxidation sites excluding steroid dienone is 1. The highest BCUT2D eigenvalue weighted by molar-refractivity contribution is 6.03. The summed E-state index contributed by atoms with van der Waals surface area (Å²) >= 11 is 0. The first-order chi connectivity index (χ1) is 32.6. The third kappa shape index (κ3) is 11.3. The number of unbranched alkanes of at least 4 members (excludes halogenated alkanes) is 2. The smallest absolute Gasteiger partial charge is 0.412 e. The summed E-state index contributed by atoms with van der Waals surface area (Å²) in [7, 11) is 1.46. The van der Waals surface area contributed by atoms with E-state index in [1.807, 2.05) is 36.4 Å². The fourth-order valence-electron chi connectivity index (χ4n) is 9.83. The number of carbonyl (C=O) groups is 2. The maximum absolute atomic E-state index is 15.0. The second-order valence-electron chi connectivity index (χ2n) is 17.0. The van der Waals surface area contributed by atoms with Crippen molar-refractivity contribution in [3.63, 3.8) is 0 Å². The molecule has 3 aliphatic rings. The van der Waals surface area contributed by atoms with Gasteiger partial charge in [0.2, 0.25) is 11.7 Å². The van der Waals surface area contributed by atoms with Gasteiger partial charge < -0.3 is 39.5 Å². The van der Waals surface area contributed by atoms with E-state index in [0.717, 1.165) is 29.5 Å². The molecule has 4 aromatic rings. The molecule has 0 spiro atoms. The molecule has 67 heavy (non-hydrogen) atoms. The quantitative estimate of drug-likeness (QED) is 0.0240. The minimum absolute atomic E-state index is 0.00488. The van der Waals surface area contributed by atoms with Crippen molar-refractivity contribution in [2.24, 2.45) is 22.9 Å². The Labute approximate surface area is 389 Å². The molecule has 352 valence electrons. The second-order valence-corrected chi connectivity index (χ2v) is 17.0. The normalized spacial score (nSPS) is 22.2. The zero-order valence-corrected chi connectivity index (χ0v) is 37.5. The number of nitrogens with one attached hydrogen (secondary N) is 1. The summed E-state index contributed by atoms with van der Waals surface area (Å²) in [5.74, 6) is -2.94. The van der Waals surface area contributed by atoms with Crippen LogP contribution in [0.15, 0.2) is 133 Å². The predicted octanol–water partition coefficient (Wildman–Crippen LogP) is 9.03. The number of nitro groups is 1. The van der Waals surface area contributed by atoms with Crippen LogP contribution in [-0.2, 0) is 27.5 Å². The Kier molecular flexibility index (Phi) is 16.3.